The van der Waals surface area contributed by atoms with E-state index in [-0.39, 0.29) is 5.41 Å². The van der Waals surface area contributed by atoms with Crippen molar-refractivity contribution in [3.05, 3.63) is 15.6 Å². The summed E-state index contributed by atoms with van der Waals surface area (Å²) in [7, 11) is 0. The third-order valence-electron chi connectivity index (χ3n) is 2.93. The van der Waals surface area contributed by atoms with E-state index in [2.05, 4.69) is 33.0 Å². The molecule has 1 N–H and O–H groups in total. The minimum absolute atomic E-state index is 0.185. The summed E-state index contributed by atoms with van der Waals surface area (Å²) in [4.78, 5) is 6.23. The summed E-state index contributed by atoms with van der Waals surface area (Å²) in [5.41, 5.74) is 1.47. The molecule has 2 nitrogen and oxygen atoms in total. The fourth-order valence-electron chi connectivity index (χ4n) is 2.15. The van der Waals surface area contributed by atoms with Crippen molar-refractivity contribution in [2.24, 2.45) is 0 Å². The van der Waals surface area contributed by atoms with Crippen molar-refractivity contribution < 1.29 is 0 Å². The van der Waals surface area contributed by atoms with E-state index in [9.17, 15) is 0 Å². The van der Waals surface area contributed by atoms with Crippen LogP contribution < -0.4 is 5.32 Å². The molecule has 2 rings (SSSR count). The Labute approximate surface area is 96.1 Å². The normalized spacial score (nSPS) is 22.3. The van der Waals surface area contributed by atoms with Crippen LogP contribution in [0.4, 0.5) is 0 Å². The first-order valence-corrected chi connectivity index (χ1v) is 6.48. The fraction of sp³-hybridized carbons (Fsp3) is 0.750. The van der Waals surface area contributed by atoms with Gasteiger partial charge in [-0.25, -0.2) is 4.98 Å². The molecule has 3 heteroatoms. The second-order valence-corrected chi connectivity index (χ2v) is 6.63. The second-order valence-electron chi connectivity index (χ2n) is 5.40. The van der Waals surface area contributed by atoms with Crippen molar-refractivity contribution in [1.29, 1.82) is 0 Å². The molecule has 1 atom stereocenters. The largest absolute Gasteiger partial charge is 0.316 e. The number of aromatic nitrogens is 1. The maximum Gasteiger partial charge on any atom is 0.0975 e. The lowest BCUT2D eigenvalue weighted by atomic mass is 9.91. The smallest absolute Gasteiger partial charge is 0.0975 e. The van der Waals surface area contributed by atoms with Gasteiger partial charge < -0.3 is 5.32 Å². The molecule has 0 saturated carbocycles. The lowest BCUT2D eigenvalue weighted by molar-refractivity contribution is 0.564. The third kappa shape index (κ3) is 2.23. The molecule has 0 spiro atoms. The highest BCUT2D eigenvalue weighted by molar-refractivity contribution is 7.11. The van der Waals surface area contributed by atoms with Gasteiger partial charge >= 0.3 is 0 Å². The Balaban J connectivity index is 2.28. The van der Waals surface area contributed by atoms with E-state index in [1.54, 1.807) is 0 Å². The molecule has 0 radical (unpaired) electrons. The van der Waals surface area contributed by atoms with Crippen LogP contribution in [0.15, 0.2) is 0 Å². The number of nitrogens with one attached hydrogen (secondary N) is 1. The standard InChI is InChI=1S/C12H20N2S/c1-8-10(12(2,3)4)14-11(15-8)9-5-6-13-7-9/h9,13H,5-7H2,1-4H3. The molecule has 0 bridgehead atoms. The quantitative estimate of drug-likeness (QED) is 0.793. The Bertz CT molecular complexity index is 343. The van der Waals surface area contributed by atoms with Gasteiger partial charge in [-0.2, -0.15) is 0 Å². The SMILES string of the molecule is Cc1sc(C2CCNC2)nc1C(C)(C)C. The van der Waals surface area contributed by atoms with Crippen LogP contribution in [0, 0.1) is 6.92 Å². The average molecular weight is 224 g/mol. The van der Waals surface area contributed by atoms with Crippen molar-refractivity contribution >= 4 is 11.3 Å². The summed E-state index contributed by atoms with van der Waals surface area (Å²) < 4.78 is 0. The molecule has 15 heavy (non-hydrogen) atoms. The molecule has 2 heterocycles. The molecular formula is C12H20N2S. The zero-order valence-corrected chi connectivity index (χ0v) is 10.9. The zero-order valence-electron chi connectivity index (χ0n) is 10.1. The fourth-order valence-corrected chi connectivity index (χ4v) is 3.42. The molecule has 84 valence electrons. The first-order valence-electron chi connectivity index (χ1n) is 5.67. The first-order chi connectivity index (χ1) is 6.98. The van der Waals surface area contributed by atoms with Crippen LogP contribution >= 0.6 is 11.3 Å². The van der Waals surface area contributed by atoms with Crippen LogP contribution in [0.25, 0.3) is 0 Å². The van der Waals surface area contributed by atoms with Gasteiger partial charge in [-0.05, 0) is 19.9 Å². The van der Waals surface area contributed by atoms with Gasteiger partial charge in [0, 0.05) is 22.8 Å². The summed E-state index contributed by atoms with van der Waals surface area (Å²) in [5.74, 6) is 0.657. The Hall–Kier alpha value is -0.410. The highest BCUT2D eigenvalue weighted by atomic mass is 32.1. The molecule has 1 aliphatic rings. The van der Waals surface area contributed by atoms with E-state index in [4.69, 9.17) is 4.98 Å². The van der Waals surface area contributed by atoms with Gasteiger partial charge in [0.25, 0.3) is 0 Å². The molecule has 1 saturated heterocycles. The predicted molar refractivity (Wildman–Crippen MR) is 65.8 cm³/mol. The van der Waals surface area contributed by atoms with Crippen LogP contribution in [-0.2, 0) is 5.41 Å². The van der Waals surface area contributed by atoms with Gasteiger partial charge in [0.1, 0.15) is 0 Å². The number of nitrogens with zero attached hydrogens (tertiary/aromatic N) is 1. The third-order valence-corrected chi connectivity index (χ3v) is 4.07. The van der Waals surface area contributed by atoms with E-state index >= 15 is 0 Å². The van der Waals surface area contributed by atoms with E-state index in [0.717, 1.165) is 13.1 Å². The number of thiazole rings is 1. The first kappa shape index (κ1) is 11.1. The van der Waals surface area contributed by atoms with Crippen molar-refractivity contribution in [1.82, 2.24) is 10.3 Å². The molecule has 1 unspecified atom stereocenters. The number of hydrogen-bond donors (Lipinski definition) is 1. The summed E-state index contributed by atoms with van der Waals surface area (Å²) in [6.07, 6.45) is 1.25. The lowest BCUT2D eigenvalue weighted by Gasteiger charge is -2.16. The monoisotopic (exact) mass is 224 g/mol. The Morgan fingerprint density at radius 3 is 2.60 bits per heavy atom. The summed E-state index contributed by atoms with van der Waals surface area (Å²) >= 11 is 1.89. The van der Waals surface area contributed by atoms with Crippen LogP contribution in [0.2, 0.25) is 0 Å². The van der Waals surface area contributed by atoms with Crippen molar-refractivity contribution in [2.75, 3.05) is 13.1 Å². The summed E-state index contributed by atoms with van der Waals surface area (Å²) in [5, 5.41) is 4.74. The molecule has 0 amide bonds. The lowest BCUT2D eigenvalue weighted by Crippen LogP contribution is -2.13. The highest BCUT2D eigenvalue weighted by Crippen LogP contribution is 2.33. The average Bonchev–Trinajstić information content (AvgIpc) is 2.68. The van der Waals surface area contributed by atoms with Gasteiger partial charge in [-0.15, -0.1) is 11.3 Å². The number of hydrogen-bond acceptors (Lipinski definition) is 3. The summed E-state index contributed by atoms with van der Waals surface area (Å²) in [6, 6.07) is 0. The minimum atomic E-state index is 0.185. The van der Waals surface area contributed by atoms with Crippen LogP contribution in [0.5, 0.6) is 0 Å². The molecular weight excluding hydrogens is 204 g/mol. The van der Waals surface area contributed by atoms with Gasteiger partial charge in [0.2, 0.25) is 0 Å². The van der Waals surface area contributed by atoms with Crippen molar-refractivity contribution in [2.45, 2.75) is 45.4 Å². The Morgan fingerprint density at radius 2 is 2.13 bits per heavy atom. The van der Waals surface area contributed by atoms with Gasteiger partial charge in [0.05, 0.1) is 10.7 Å². The molecule has 1 aromatic heterocycles. The van der Waals surface area contributed by atoms with Crippen molar-refractivity contribution in [3.63, 3.8) is 0 Å². The summed E-state index contributed by atoms with van der Waals surface area (Å²) in [6.45, 7) is 11.2. The molecule has 1 fully saturated rings. The molecule has 1 aromatic rings. The minimum Gasteiger partial charge on any atom is -0.316 e. The van der Waals surface area contributed by atoms with E-state index in [1.165, 1.54) is 22.0 Å². The Morgan fingerprint density at radius 1 is 1.40 bits per heavy atom. The molecule has 1 aliphatic heterocycles. The number of rotatable bonds is 1. The van der Waals surface area contributed by atoms with Crippen molar-refractivity contribution in [3.8, 4) is 0 Å². The predicted octanol–water partition coefficient (Wildman–Crippen LogP) is 2.83. The van der Waals surface area contributed by atoms with Crippen LogP contribution in [-0.4, -0.2) is 18.1 Å². The van der Waals surface area contributed by atoms with Gasteiger partial charge in [0.15, 0.2) is 0 Å². The van der Waals surface area contributed by atoms with Gasteiger partial charge in [-0.1, -0.05) is 20.8 Å². The molecule has 0 aromatic carbocycles. The van der Waals surface area contributed by atoms with E-state index < -0.39 is 0 Å². The number of aryl methyl sites for hydroxylation is 1. The van der Waals surface area contributed by atoms with E-state index in [1.807, 2.05) is 11.3 Å². The van der Waals surface area contributed by atoms with E-state index in [0.29, 0.717) is 5.92 Å². The topological polar surface area (TPSA) is 24.9 Å². The maximum absolute atomic E-state index is 4.84. The van der Waals surface area contributed by atoms with Gasteiger partial charge in [-0.3, -0.25) is 0 Å². The zero-order chi connectivity index (χ0) is 11.1. The van der Waals surface area contributed by atoms with Crippen LogP contribution in [0.1, 0.15) is 48.7 Å². The maximum atomic E-state index is 4.84. The second kappa shape index (κ2) is 3.87. The Kier molecular flexibility index (Phi) is 2.86. The van der Waals surface area contributed by atoms with Crippen LogP contribution in [0.3, 0.4) is 0 Å². The highest BCUT2D eigenvalue weighted by Gasteiger charge is 2.25. The molecule has 0 aliphatic carbocycles.